The van der Waals surface area contributed by atoms with Crippen molar-refractivity contribution in [3.63, 3.8) is 0 Å². The van der Waals surface area contributed by atoms with Crippen LogP contribution in [0.2, 0.25) is 0 Å². The Morgan fingerprint density at radius 2 is 1.79 bits per heavy atom. The number of methoxy groups -OCH3 is 1. The lowest BCUT2D eigenvalue weighted by Crippen LogP contribution is -2.37. The predicted molar refractivity (Wildman–Crippen MR) is 81.2 cm³/mol. The Balaban J connectivity index is 2.10. The van der Waals surface area contributed by atoms with Crippen LogP contribution >= 0.6 is 0 Å². The van der Waals surface area contributed by atoms with Gasteiger partial charge in [0.1, 0.15) is 0 Å². The van der Waals surface area contributed by atoms with Crippen LogP contribution in [0, 0.1) is 17.5 Å². The number of aliphatic hydroxyl groups excluding tert-OH is 1. The summed E-state index contributed by atoms with van der Waals surface area (Å²) in [5.41, 5.74) is 0.153. The number of amides is 1. The minimum atomic E-state index is -1.26. The Labute approximate surface area is 136 Å². The summed E-state index contributed by atoms with van der Waals surface area (Å²) in [6.45, 7) is 1.49. The highest BCUT2D eigenvalue weighted by Gasteiger charge is 2.21. The van der Waals surface area contributed by atoms with Crippen molar-refractivity contribution < 1.29 is 27.8 Å². The maximum atomic E-state index is 13.6. The van der Waals surface area contributed by atoms with E-state index in [1.54, 1.807) is 0 Å². The first-order valence-corrected chi connectivity index (χ1v) is 7.11. The molecule has 0 bridgehead atoms. The standard InChI is InChI=1S/C17H16F3NO3/c1-9(16(22)10-3-5-12(18)13(19)7-10)21-17(23)11-4-6-15(24-2)14(20)8-11/h3-9,16,22H,1-2H3,(H,21,23). The number of aliphatic hydroxyl groups is 1. The first-order valence-electron chi connectivity index (χ1n) is 7.11. The van der Waals surface area contributed by atoms with E-state index >= 15 is 0 Å². The molecule has 24 heavy (non-hydrogen) atoms. The van der Waals surface area contributed by atoms with E-state index < -0.39 is 35.5 Å². The lowest BCUT2D eigenvalue weighted by atomic mass is 10.0. The van der Waals surface area contributed by atoms with Crippen molar-refractivity contribution in [1.82, 2.24) is 5.32 Å². The van der Waals surface area contributed by atoms with Crippen LogP contribution in [-0.2, 0) is 0 Å². The molecule has 2 atom stereocenters. The van der Waals surface area contributed by atoms with Gasteiger partial charge in [0, 0.05) is 5.56 Å². The van der Waals surface area contributed by atoms with E-state index in [4.69, 9.17) is 4.74 Å². The smallest absolute Gasteiger partial charge is 0.251 e. The molecule has 2 N–H and O–H groups in total. The van der Waals surface area contributed by atoms with Crippen molar-refractivity contribution in [2.75, 3.05) is 7.11 Å². The van der Waals surface area contributed by atoms with Gasteiger partial charge in [-0.25, -0.2) is 13.2 Å². The van der Waals surface area contributed by atoms with E-state index in [0.29, 0.717) is 0 Å². The van der Waals surface area contributed by atoms with Gasteiger partial charge in [-0.2, -0.15) is 0 Å². The molecule has 0 heterocycles. The molecule has 0 fully saturated rings. The molecule has 0 aliphatic carbocycles. The number of nitrogens with one attached hydrogen (secondary N) is 1. The van der Waals surface area contributed by atoms with Crippen molar-refractivity contribution in [2.45, 2.75) is 19.1 Å². The summed E-state index contributed by atoms with van der Waals surface area (Å²) >= 11 is 0. The average Bonchev–Trinajstić information content (AvgIpc) is 2.56. The van der Waals surface area contributed by atoms with Gasteiger partial charge in [-0.05, 0) is 42.8 Å². The number of ether oxygens (including phenoxy) is 1. The summed E-state index contributed by atoms with van der Waals surface area (Å²) < 4.78 is 44.5. The Kier molecular flexibility index (Phi) is 5.46. The molecule has 4 nitrogen and oxygen atoms in total. The molecule has 2 unspecified atom stereocenters. The highest BCUT2D eigenvalue weighted by Crippen LogP contribution is 2.21. The molecule has 0 spiro atoms. The summed E-state index contributed by atoms with van der Waals surface area (Å²) in [5.74, 6) is -3.44. The van der Waals surface area contributed by atoms with E-state index in [1.165, 1.54) is 32.2 Å². The van der Waals surface area contributed by atoms with Crippen LogP contribution < -0.4 is 10.1 Å². The molecule has 1 amide bonds. The summed E-state index contributed by atoms with van der Waals surface area (Å²) in [6, 6.07) is 5.84. The van der Waals surface area contributed by atoms with Gasteiger partial charge >= 0.3 is 0 Å². The highest BCUT2D eigenvalue weighted by molar-refractivity contribution is 5.94. The maximum Gasteiger partial charge on any atom is 0.251 e. The van der Waals surface area contributed by atoms with Crippen LogP contribution in [0.1, 0.15) is 28.9 Å². The van der Waals surface area contributed by atoms with E-state index in [-0.39, 0.29) is 16.9 Å². The number of rotatable bonds is 5. The van der Waals surface area contributed by atoms with Gasteiger partial charge in [0.2, 0.25) is 0 Å². The molecule has 0 aromatic heterocycles. The third-order valence-corrected chi connectivity index (χ3v) is 3.53. The lowest BCUT2D eigenvalue weighted by molar-refractivity contribution is 0.0851. The molecular weight excluding hydrogens is 323 g/mol. The fraction of sp³-hybridized carbons (Fsp3) is 0.235. The average molecular weight is 339 g/mol. The van der Waals surface area contributed by atoms with Crippen LogP contribution in [0.4, 0.5) is 13.2 Å². The Hall–Kier alpha value is -2.54. The van der Waals surface area contributed by atoms with Gasteiger partial charge < -0.3 is 15.2 Å². The molecule has 0 saturated heterocycles. The largest absolute Gasteiger partial charge is 0.494 e. The first-order chi connectivity index (χ1) is 11.3. The molecule has 0 saturated carbocycles. The Morgan fingerprint density at radius 1 is 1.08 bits per heavy atom. The highest BCUT2D eigenvalue weighted by atomic mass is 19.2. The molecule has 7 heteroatoms. The first kappa shape index (κ1) is 17.8. The van der Waals surface area contributed by atoms with Crippen molar-refractivity contribution in [1.29, 1.82) is 0 Å². The zero-order valence-electron chi connectivity index (χ0n) is 13.0. The molecule has 0 aliphatic rings. The van der Waals surface area contributed by atoms with Gasteiger partial charge in [-0.3, -0.25) is 4.79 Å². The number of benzene rings is 2. The second-order valence-electron chi connectivity index (χ2n) is 5.23. The minimum absolute atomic E-state index is 0.00132. The van der Waals surface area contributed by atoms with Crippen molar-refractivity contribution in [3.05, 3.63) is 65.0 Å². The minimum Gasteiger partial charge on any atom is -0.494 e. The van der Waals surface area contributed by atoms with E-state index in [0.717, 1.165) is 18.2 Å². The SMILES string of the molecule is COc1ccc(C(=O)NC(C)C(O)c2ccc(F)c(F)c2)cc1F. The van der Waals surface area contributed by atoms with Gasteiger partial charge in [0.05, 0.1) is 19.3 Å². The lowest BCUT2D eigenvalue weighted by Gasteiger charge is -2.21. The number of hydrogen-bond donors (Lipinski definition) is 2. The van der Waals surface area contributed by atoms with Gasteiger partial charge in [0.15, 0.2) is 23.2 Å². The van der Waals surface area contributed by atoms with E-state index in [2.05, 4.69) is 5.32 Å². The van der Waals surface area contributed by atoms with Crippen LogP contribution in [0.3, 0.4) is 0 Å². The zero-order valence-corrected chi connectivity index (χ0v) is 13.0. The maximum absolute atomic E-state index is 13.6. The van der Waals surface area contributed by atoms with Crippen LogP contribution in [0.25, 0.3) is 0 Å². The van der Waals surface area contributed by atoms with E-state index in [1.807, 2.05) is 0 Å². The second-order valence-corrected chi connectivity index (χ2v) is 5.23. The zero-order chi connectivity index (χ0) is 17.9. The van der Waals surface area contributed by atoms with E-state index in [9.17, 15) is 23.1 Å². The molecular formula is C17H16F3NO3. The van der Waals surface area contributed by atoms with Gasteiger partial charge in [-0.15, -0.1) is 0 Å². The number of carbonyl (C=O) groups excluding carboxylic acids is 1. The van der Waals surface area contributed by atoms with Crippen molar-refractivity contribution in [3.8, 4) is 5.75 Å². The summed E-state index contributed by atoms with van der Waals surface area (Å²) in [4.78, 5) is 12.1. The van der Waals surface area contributed by atoms with Gasteiger partial charge in [-0.1, -0.05) is 6.07 Å². The number of halogens is 3. The Bertz CT molecular complexity index is 752. The topological polar surface area (TPSA) is 58.6 Å². The quantitative estimate of drug-likeness (QED) is 0.880. The third-order valence-electron chi connectivity index (χ3n) is 3.53. The van der Waals surface area contributed by atoms with Crippen LogP contribution in [-0.4, -0.2) is 24.2 Å². The predicted octanol–water partition coefficient (Wildman–Crippen LogP) is 2.96. The molecule has 128 valence electrons. The third kappa shape index (κ3) is 3.86. The van der Waals surface area contributed by atoms with Gasteiger partial charge in [0.25, 0.3) is 5.91 Å². The monoisotopic (exact) mass is 339 g/mol. The fourth-order valence-electron chi connectivity index (χ4n) is 2.16. The van der Waals surface area contributed by atoms with Crippen molar-refractivity contribution in [2.24, 2.45) is 0 Å². The van der Waals surface area contributed by atoms with Crippen LogP contribution in [0.5, 0.6) is 5.75 Å². The summed E-state index contributed by atoms with van der Waals surface area (Å²) in [5, 5.41) is 12.6. The molecule has 2 rings (SSSR count). The van der Waals surface area contributed by atoms with Crippen molar-refractivity contribution >= 4 is 5.91 Å². The second kappa shape index (κ2) is 7.35. The van der Waals surface area contributed by atoms with Crippen LogP contribution in [0.15, 0.2) is 36.4 Å². The summed E-state index contributed by atoms with van der Waals surface area (Å²) in [6.07, 6.45) is -1.26. The summed E-state index contributed by atoms with van der Waals surface area (Å²) in [7, 11) is 1.30. The Morgan fingerprint density at radius 3 is 2.38 bits per heavy atom. The molecule has 2 aromatic carbocycles. The molecule has 0 radical (unpaired) electrons. The normalized spacial score (nSPS) is 13.2. The molecule has 0 aliphatic heterocycles. The number of carbonyl (C=O) groups is 1. The molecule has 2 aromatic rings. The fourth-order valence-corrected chi connectivity index (χ4v) is 2.16. The number of hydrogen-bond acceptors (Lipinski definition) is 3.